The van der Waals surface area contributed by atoms with Gasteiger partial charge in [0.1, 0.15) is 16.1 Å². The highest BCUT2D eigenvalue weighted by Crippen LogP contribution is 2.46. The number of hydrogen-bond donors (Lipinski definition) is 0. The van der Waals surface area contributed by atoms with Gasteiger partial charge in [0.05, 0.1) is 17.8 Å². The fourth-order valence-corrected chi connectivity index (χ4v) is 5.15. The summed E-state index contributed by atoms with van der Waals surface area (Å²) in [6.07, 6.45) is 4.26. The molecule has 9 heteroatoms. The average Bonchev–Trinajstić information content (AvgIpc) is 3.41. The molecule has 0 saturated carbocycles. The van der Waals surface area contributed by atoms with Gasteiger partial charge in [0, 0.05) is 22.9 Å². The monoisotopic (exact) mass is 504 g/mol. The van der Waals surface area contributed by atoms with Gasteiger partial charge in [-0.15, -0.1) is 10.2 Å². The molecule has 31 heavy (non-hydrogen) atoms. The van der Waals surface area contributed by atoms with Crippen LogP contribution in [0.1, 0.15) is 58.1 Å². The third-order valence-corrected chi connectivity index (χ3v) is 8.28. The average molecular weight is 505 g/mol. The number of rotatable bonds is 3. The third kappa shape index (κ3) is 4.05. The Hall–Kier alpha value is -1.10. The number of ether oxygens (including phenoxy) is 2. The van der Waals surface area contributed by atoms with Crippen LogP contribution in [0.2, 0.25) is 0 Å². The van der Waals surface area contributed by atoms with Gasteiger partial charge in [0.2, 0.25) is 0 Å². The van der Waals surface area contributed by atoms with Crippen molar-refractivity contribution in [1.82, 2.24) is 10.2 Å². The maximum absolute atomic E-state index is 6.39. The van der Waals surface area contributed by atoms with E-state index in [-0.39, 0.29) is 24.4 Å². The van der Waals surface area contributed by atoms with Crippen LogP contribution >= 0.6 is 27.3 Å². The van der Waals surface area contributed by atoms with Crippen molar-refractivity contribution in [2.24, 2.45) is 0 Å². The lowest BCUT2D eigenvalue weighted by atomic mass is 9.71. The fourth-order valence-electron chi connectivity index (χ4n) is 4.02. The Balaban J connectivity index is 1.25. The van der Waals surface area contributed by atoms with Crippen LogP contribution in [0.3, 0.4) is 0 Å². The van der Waals surface area contributed by atoms with Crippen molar-refractivity contribution in [2.75, 3.05) is 6.61 Å². The minimum Gasteiger partial charge on any atom is -0.400 e. The number of nitrogens with zero attached hydrogens (tertiary/aromatic N) is 2. The summed E-state index contributed by atoms with van der Waals surface area (Å²) in [6, 6.07) is 8.08. The molecule has 0 N–H and O–H groups in total. The Kier molecular flexibility index (Phi) is 5.43. The number of aromatic nitrogens is 2. The van der Waals surface area contributed by atoms with Crippen molar-refractivity contribution < 1.29 is 18.8 Å². The first-order valence-electron chi connectivity index (χ1n) is 10.6. The second kappa shape index (κ2) is 7.75. The minimum atomic E-state index is -0.596. The van der Waals surface area contributed by atoms with E-state index in [0.29, 0.717) is 13.0 Å². The summed E-state index contributed by atoms with van der Waals surface area (Å²) < 4.78 is 26.0. The SMILES string of the molecule is CC1(C)OB(C2=CCC3(CC2)OCC(c2nnc(-c4ccc(Br)cc4)s2)O3)OC1(C)C. The van der Waals surface area contributed by atoms with E-state index in [0.717, 1.165) is 32.9 Å². The second-order valence-electron chi connectivity index (χ2n) is 9.35. The second-order valence-corrected chi connectivity index (χ2v) is 11.3. The number of allylic oxidation sites excluding steroid dienone is 1. The molecule has 1 aliphatic carbocycles. The van der Waals surface area contributed by atoms with Crippen LogP contribution in [-0.2, 0) is 18.8 Å². The van der Waals surface area contributed by atoms with Gasteiger partial charge in [-0.2, -0.15) is 0 Å². The summed E-state index contributed by atoms with van der Waals surface area (Å²) in [5.41, 5.74) is 1.56. The smallest absolute Gasteiger partial charge is 0.400 e. The first kappa shape index (κ1) is 21.7. The Labute approximate surface area is 195 Å². The van der Waals surface area contributed by atoms with Gasteiger partial charge >= 0.3 is 7.12 Å². The lowest BCUT2D eigenvalue weighted by molar-refractivity contribution is -0.173. The summed E-state index contributed by atoms with van der Waals surface area (Å²) in [4.78, 5) is 0. The molecule has 1 spiro atoms. The van der Waals surface area contributed by atoms with E-state index in [1.54, 1.807) is 11.3 Å². The molecule has 1 aromatic carbocycles. The summed E-state index contributed by atoms with van der Waals surface area (Å²) in [5.74, 6) is -0.596. The van der Waals surface area contributed by atoms with E-state index in [4.69, 9.17) is 18.8 Å². The van der Waals surface area contributed by atoms with Crippen molar-refractivity contribution in [2.45, 2.75) is 70.1 Å². The van der Waals surface area contributed by atoms with Crippen LogP contribution < -0.4 is 0 Å². The summed E-state index contributed by atoms with van der Waals surface area (Å²) in [6.45, 7) is 8.81. The van der Waals surface area contributed by atoms with Gasteiger partial charge in [0.25, 0.3) is 0 Å². The molecule has 0 bridgehead atoms. The fraction of sp³-hybridized carbons (Fsp3) is 0.545. The van der Waals surface area contributed by atoms with Gasteiger partial charge < -0.3 is 18.8 Å². The lowest BCUT2D eigenvalue weighted by Gasteiger charge is -2.32. The molecule has 5 rings (SSSR count). The number of hydrogen-bond acceptors (Lipinski definition) is 7. The van der Waals surface area contributed by atoms with Crippen LogP contribution in [0, 0.1) is 0 Å². The van der Waals surface area contributed by atoms with Crippen LogP contribution in [-0.4, -0.2) is 40.9 Å². The Morgan fingerprint density at radius 3 is 2.42 bits per heavy atom. The number of benzene rings is 1. The molecule has 2 fully saturated rings. The van der Waals surface area contributed by atoms with Crippen LogP contribution in [0.5, 0.6) is 0 Å². The zero-order valence-corrected chi connectivity index (χ0v) is 20.6. The molecule has 2 atom stereocenters. The van der Waals surface area contributed by atoms with Gasteiger partial charge in [-0.25, -0.2) is 0 Å². The topological polar surface area (TPSA) is 62.7 Å². The highest BCUT2D eigenvalue weighted by molar-refractivity contribution is 9.10. The van der Waals surface area contributed by atoms with E-state index in [9.17, 15) is 0 Å². The Morgan fingerprint density at radius 2 is 1.77 bits per heavy atom. The summed E-state index contributed by atoms with van der Waals surface area (Å²) in [7, 11) is -0.295. The first-order valence-corrected chi connectivity index (χ1v) is 12.2. The molecule has 0 radical (unpaired) electrons. The Morgan fingerprint density at radius 1 is 1.06 bits per heavy atom. The third-order valence-electron chi connectivity index (χ3n) is 6.69. The minimum absolute atomic E-state index is 0.187. The first-order chi connectivity index (χ1) is 14.7. The van der Waals surface area contributed by atoms with Crippen molar-refractivity contribution in [3.63, 3.8) is 0 Å². The van der Waals surface area contributed by atoms with Crippen molar-refractivity contribution in [1.29, 1.82) is 0 Å². The van der Waals surface area contributed by atoms with E-state index < -0.39 is 5.79 Å². The normalized spacial score (nSPS) is 29.5. The van der Waals surface area contributed by atoms with Crippen LogP contribution in [0.4, 0.5) is 0 Å². The molecule has 0 amide bonds. The molecule has 3 aliphatic rings. The highest BCUT2D eigenvalue weighted by Gasteiger charge is 2.53. The quantitative estimate of drug-likeness (QED) is 0.514. The predicted octanol–water partition coefficient (Wildman–Crippen LogP) is 5.49. The van der Waals surface area contributed by atoms with Crippen molar-refractivity contribution in [3.05, 3.63) is 45.3 Å². The molecular formula is C22H26BBrN2O4S. The summed E-state index contributed by atoms with van der Waals surface area (Å²) in [5, 5.41) is 10.5. The Bertz CT molecular complexity index is 993. The van der Waals surface area contributed by atoms with Gasteiger partial charge in [-0.3, -0.25) is 0 Å². The van der Waals surface area contributed by atoms with Crippen molar-refractivity contribution >= 4 is 34.4 Å². The van der Waals surface area contributed by atoms with Crippen LogP contribution in [0.15, 0.2) is 40.3 Å². The van der Waals surface area contributed by atoms with E-state index >= 15 is 0 Å². The van der Waals surface area contributed by atoms with Gasteiger partial charge in [0.15, 0.2) is 5.79 Å². The molecule has 3 heterocycles. The largest absolute Gasteiger partial charge is 0.490 e. The predicted molar refractivity (Wildman–Crippen MR) is 124 cm³/mol. The molecule has 2 saturated heterocycles. The lowest BCUT2D eigenvalue weighted by Crippen LogP contribution is -2.41. The molecule has 6 nitrogen and oxygen atoms in total. The molecule has 2 aromatic rings. The maximum atomic E-state index is 6.39. The maximum Gasteiger partial charge on any atom is 0.490 e. The zero-order chi connectivity index (χ0) is 21.9. The van der Waals surface area contributed by atoms with Gasteiger partial charge in [-0.1, -0.05) is 45.5 Å². The molecular weight excluding hydrogens is 479 g/mol. The van der Waals surface area contributed by atoms with E-state index in [1.165, 1.54) is 5.47 Å². The van der Waals surface area contributed by atoms with E-state index in [1.807, 2.05) is 24.3 Å². The van der Waals surface area contributed by atoms with Gasteiger partial charge in [-0.05, 0) is 51.7 Å². The molecule has 164 valence electrons. The van der Waals surface area contributed by atoms with Crippen molar-refractivity contribution in [3.8, 4) is 10.6 Å². The molecule has 2 aliphatic heterocycles. The number of halogens is 1. The van der Waals surface area contributed by atoms with E-state index in [2.05, 4.69) is 59.9 Å². The summed E-state index contributed by atoms with van der Waals surface area (Å²) >= 11 is 5.02. The zero-order valence-electron chi connectivity index (χ0n) is 18.2. The standard InChI is InChI=1S/C22H26BBrN2O4S/c1-20(2)21(3,4)30-23(29-20)15-9-11-22(12-10-15)27-13-17(28-22)19-26-25-18(31-19)14-5-7-16(24)8-6-14/h5-9,17H,10-13H2,1-4H3. The highest BCUT2D eigenvalue weighted by atomic mass is 79.9. The molecule has 2 unspecified atom stereocenters. The molecule has 1 aromatic heterocycles. The van der Waals surface area contributed by atoms with Crippen LogP contribution in [0.25, 0.3) is 10.6 Å².